The third-order valence-electron chi connectivity index (χ3n) is 3.90. The van der Waals surface area contributed by atoms with Gasteiger partial charge in [-0.3, -0.25) is 14.4 Å². The van der Waals surface area contributed by atoms with Crippen molar-refractivity contribution in [3.63, 3.8) is 0 Å². The predicted octanol–water partition coefficient (Wildman–Crippen LogP) is 1.81. The van der Waals surface area contributed by atoms with Crippen molar-refractivity contribution in [1.29, 1.82) is 0 Å². The Balaban J connectivity index is 2.17. The van der Waals surface area contributed by atoms with E-state index in [9.17, 15) is 4.79 Å². The van der Waals surface area contributed by atoms with E-state index in [1.54, 1.807) is 6.20 Å². The first-order valence-electron chi connectivity index (χ1n) is 6.55. The topological polar surface area (TPSA) is 58.4 Å². The summed E-state index contributed by atoms with van der Waals surface area (Å²) in [6, 6.07) is 2.46. The SMILES string of the molecule is CC(c1ccnn1C)N(CC(=O)O)C1CCCC1. The highest BCUT2D eigenvalue weighted by atomic mass is 16.4. The van der Waals surface area contributed by atoms with Crippen molar-refractivity contribution in [2.24, 2.45) is 7.05 Å². The largest absolute Gasteiger partial charge is 0.480 e. The van der Waals surface area contributed by atoms with Gasteiger partial charge in [0.2, 0.25) is 0 Å². The molecule has 100 valence electrons. The zero-order chi connectivity index (χ0) is 13.1. The second kappa shape index (κ2) is 5.52. The third-order valence-corrected chi connectivity index (χ3v) is 3.90. The minimum atomic E-state index is -0.754. The molecular formula is C13H21N3O2. The third kappa shape index (κ3) is 2.72. The summed E-state index contributed by atoms with van der Waals surface area (Å²) in [5.74, 6) is -0.754. The summed E-state index contributed by atoms with van der Waals surface area (Å²) in [6.07, 6.45) is 6.39. The van der Waals surface area contributed by atoms with E-state index in [1.807, 2.05) is 17.8 Å². The lowest BCUT2D eigenvalue weighted by Gasteiger charge is -2.33. The first-order chi connectivity index (χ1) is 8.59. The Labute approximate surface area is 107 Å². The average Bonchev–Trinajstić information content (AvgIpc) is 2.95. The van der Waals surface area contributed by atoms with Crippen molar-refractivity contribution < 1.29 is 9.90 Å². The molecule has 1 saturated carbocycles. The molecule has 0 bridgehead atoms. The molecule has 1 heterocycles. The summed E-state index contributed by atoms with van der Waals surface area (Å²) in [5, 5.41) is 13.3. The lowest BCUT2D eigenvalue weighted by Crippen LogP contribution is -2.40. The van der Waals surface area contributed by atoms with Crippen LogP contribution in [0.2, 0.25) is 0 Å². The first-order valence-corrected chi connectivity index (χ1v) is 6.55. The van der Waals surface area contributed by atoms with Gasteiger partial charge in [0.15, 0.2) is 0 Å². The Hall–Kier alpha value is -1.36. The number of carbonyl (C=O) groups is 1. The summed E-state index contributed by atoms with van der Waals surface area (Å²) >= 11 is 0. The van der Waals surface area contributed by atoms with E-state index >= 15 is 0 Å². The molecular weight excluding hydrogens is 230 g/mol. The summed E-state index contributed by atoms with van der Waals surface area (Å²) < 4.78 is 1.83. The van der Waals surface area contributed by atoms with Gasteiger partial charge in [-0.2, -0.15) is 5.10 Å². The fourth-order valence-corrected chi connectivity index (χ4v) is 2.94. The van der Waals surface area contributed by atoms with Crippen molar-refractivity contribution in [2.45, 2.75) is 44.7 Å². The number of carboxylic acid groups (broad SMARTS) is 1. The fourth-order valence-electron chi connectivity index (χ4n) is 2.94. The fraction of sp³-hybridized carbons (Fsp3) is 0.692. The molecule has 2 rings (SSSR count). The molecule has 0 aromatic carbocycles. The van der Waals surface area contributed by atoms with E-state index in [2.05, 4.69) is 16.9 Å². The molecule has 1 aliphatic carbocycles. The number of aromatic nitrogens is 2. The average molecular weight is 251 g/mol. The van der Waals surface area contributed by atoms with Crippen molar-refractivity contribution in [3.05, 3.63) is 18.0 Å². The minimum absolute atomic E-state index is 0.0942. The van der Waals surface area contributed by atoms with Gasteiger partial charge in [-0.15, -0.1) is 0 Å². The summed E-state index contributed by atoms with van der Waals surface area (Å²) in [7, 11) is 1.90. The van der Waals surface area contributed by atoms with Crippen molar-refractivity contribution in [1.82, 2.24) is 14.7 Å². The number of carboxylic acids is 1. The quantitative estimate of drug-likeness (QED) is 0.867. The Bertz CT molecular complexity index is 410. The van der Waals surface area contributed by atoms with Crippen LogP contribution in [-0.4, -0.2) is 38.3 Å². The summed E-state index contributed by atoms with van der Waals surface area (Å²) in [6.45, 7) is 2.18. The predicted molar refractivity (Wildman–Crippen MR) is 68.2 cm³/mol. The highest BCUT2D eigenvalue weighted by Crippen LogP contribution is 2.30. The van der Waals surface area contributed by atoms with Gasteiger partial charge in [0.05, 0.1) is 12.2 Å². The van der Waals surface area contributed by atoms with Gasteiger partial charge in [0.1, 0.15) is 0 Å². The molecule has 1 aromatic heterocycles. The van der Waals surface area contributed by atoms with Gasteiger partial charge < -0.3 is 5.11 Å². The van der Waals surface area contributed by atoms with E-state index in [4.69, 9.17) is 5.11 Å². The maximum absolute atomic E-state index is 11.1. The second-order valence-corrected chi connectivity index (χ2v) is 5.06. The molecule has 1 aromatic rings. The summed E-state index contributed by atoms with van der Waals surface area (Å²) in [4.78, 5) is 13.2. The van der Waals surface area contributed by atoms with Crippen LogP contribution in [0.5, 0.6) is 0 Å². The Morgan fingerprint density at radius 2 is 2.28 bits per heavy atom. The van der Waals surface area contributed by atoms with E-state index in [-0.39, 0.29) is 12.6 Å². The number of aliphatic carboxylic acids is 1. The number of rotatable bonds is 5. The molecule has 1 atom stereocenters. The Kier molecular flexibility index (Phi) is 4.01. The van der Waals surface area contributed by atoms with Crippen molar-refractivity contribution in [2.75, 3.05) is 6.54 Å². The van der Waals surface area contributed by atoms with E-state index in [1.165, 1.54) is 12.8 Å². The highest BCUT2D eigenvalue weighted by Gasteiger charge is 2.29. The second-order valence-electron chi connectivity index (χ2n) is 5.06. The van der Waals surface area contributed by atoms with Crippen LogP contribution in [0.1, 0.15) is 44.3 Å². The van der Waals surface area contributed by atoms with E-state index < -0.39 is 5.97 Å². The molecule has 18 heavy (non-hydrogen) atoms. The number of nitrogens with zero attached hydrogens (tertiary/aromatic N) is 3. The Morgan fingerprint density at radius 1 is 1.61 bits per heavy atom. The van der Waals surface area contributed by atoms with Crippen LogP contribution < -0.4 is 0 Å². The van der Waals surface area contributed by atoms with Crippen molar-refractivity contribution in [3.8, 4) is 0 Å². The van der Waals surface area contributed by atoms with E-state index in [0.717, 1.165) is 18.5 Å². The van der Waals surface area contributed by atoms with Gasteiger partial charge >= 0.3 is 5.97 Å². The molecule has 1 N–H and O–H groups in total. The van der Waals surface area contributed by atoms with Gasteiger partial charge in [-0.25, -0.2) is 0 Å². The summed E-state index contributed by atoms with van der Waals surface area (Å²) in [5.41, 5.74) is 1.07. The van der Waals surface area contributed by atoms with Crippen LogP contribution in [-0.2, 0) is 11.8 Å². The van der Waals surface area contributed by atoms with Crippen LogP contribution in [0.15, 0.2) is 12.3 Å². The standard InChI is InChI=1S/C13H21N3O2/c1-10(12-7-8-14-15(12)2)16(9-13(17)18)11-5-3-4-6-11/h7-8,10-11H,3-6,9H2,1-2H3,(H,17,18). The molecule has 1 fully saturated rings. The monoisotopic (exact) mass is 251 g/mol. The van der Waals surface area contributed by atoms with Gasteiger partial charge in [0, 0.05) is 25.3 Å². The number of hydrogen-bond donors (Lipinski definition) is 1. The first kappa shape index (κ1) is 13.1. The number of aryl methyl sites for hydroxylation is 1. The van der Waals surface area contributed by atoms with Gasteiger partial charge in [0.25, 0.3) is 0 Å². The zero-order valence-electron chi connectivity index (χ0n) is 11.0. The molecule has 0 aliphatic heterocycles. The molecule has 5 nitrogen and oxygen atoms in total. The Morgan fingerprint density at radius 3 is 2.78 bits per heavy atom. The molecule has 0 saturated heterocycles. The van der Waals surface area contributed by atoms with Crippen LogP contribution in [0.25, 0.3) is 0 Å². The molecule has 5 heteroatoms. The van der Waals surface area contributed by atoms with Crippen LogP contribution in [0, 0.1) is 0 Å². The smallest absolute Gasteiger partial charge is 0.317 e. The molecule has 0 radical (unpaired) electrons. The number of hydrogen-bond acceptors (Lipinski definition) is 3. The van der Waals surface area contributed by atoms with Gasteiger partial charge in [-0.1, -0.05) is 12.8 Å². The molecule has 1 unspecified atom stereocenters. The minimum Gasteiger partial charge on any atom is -0.480 e. The van der Waals surface area contributed by atoms with Crippen molar-refractivity contribution >= 4 is 5.97 Å². The molecule has 1 aliphatic rings. The maximum atomic E-state index is 11.1. The van der Waals surface area contributed by atoms with Gasteiger partial charge in [-0.05, 0) is 25.8 Å². The maximum Gasteiger partial charge on any atom is 0.317 e. The van der Waals surface area contributed by atoms with Crippen LogP contribution in [0.4, 0.5) is 0 Å². The lowest BCUT2D eigenvalue weighted by molar-refractivity contribution is -0.139. The lowest BCUT2D eigenvalue weighted by atomic mass is 10.1. The molecule has 0 amide bonds. The van der Waals surface area contributed by atoms with Crippen LogP contribution >= 0.6 is 0 Å². The van der Waals surface area contributed by atoms with Crippen LogP contribution in [0.3, 0.4) is 0 Å². The zero-order valence-corrected chi connectivity index (χ0v) is 11.0. The normalized spacial score (nSPS) is 18.4. The highest BCUT2D eigenvalue weighted by molar-refractivity contribution is 5.69. The van der Waals surface area contributed by atoms with E-state index in [0.29, 0.717) is 6.04 Å². The molecule has 0 spiro atoms.